The maximum Gasteiger partial charge on any atom is 0.232 e. The molecule has 2 aliphatic rings. The molecule has 0 bridgehead atoms. The summed E-state index contributed by atoms with van der Waals surface area (Å²) in [4.78, 5) is 13.9. The Morgan fingerprint density at radius 1 is 1.10 bits per heavy atom. The number of pyridine rings is 1. The van der Waals surface area contributed by atoms with E-state index >= 15 is 0 Å². The predicted octanol–water partition coefficient (Wildman–Crippen LogP) is 4.31. The number of ether oxygens (including phenoxy) is 3. The van der Waals surface area contributed by atoms with E-state index in [4.69, 9.17) is 28.7 Å². The highest BCUT2D eigenvalue weighted by molar-refractivity contribution is 5.92. The Hall–Kier alpha value is -3.25. The summed E-state index contributed by atoms with van der Waals surface area (Å²) >= 11 is 0. The molecule has 4 aromatic heterocycles. The molecular formula is C30H41N7O4. The highest BCUT2D eigenvalue weighted by Crippen LogP contribution is 2.35. The van der Waals surface area contributed by atoms with E-state index in [-0.39, 0.29) is 17.7 Å². The fraction of sp³-hybridized carbons (Fsp3) is 0.567. The van der Waals surface area contributed by atoms with E-state index in [2.05, 4.69) is 34.2 Å². The number of hydrogen-bond acceptors (Lipinski definition) is 10. The first-order valence-electron chi connectivity index (χ1n) is 14.3. The van der Waals surface area contributed by atoms with Crippen molar-refractivity contribution in [2.24, 2.45) is 0 Å². The van der Waals surface area contributed by atoms with Crippen molar-refractivity contribution < 1.29 is 18.6 Å². The minimum Gasteiger partial charge on any atom is -0.473 e. The van der Waals surface area contributed by atoms with Crippen LogP contribution in [0.2, 0.25) is 0 Å². The lowest BCUT2D eigenvalue weighted by Crippen LogP contribution is -2.59. The average molecular weight is 564 g/mol. The number of likely N-dealkylation sites (N-methyl/N-ethyl adjacent to an activating group) is 1. The number of aromatic nitrogens is 4. The monoisotopic (exact) mass is 563 g/mol. The second kappa shape index (κ2) is 10.5. The summed E-state index contributed by atoms with van der Waals surface area (Å²) in [6, 6.07) is 8.48. The number of nitrogens with zero attached hydrogens (tertiary/aromatic N) is 6. The number of furan rings is 1. The molecule has 1 saturated carbocycles. The van der Waals surface area contributed by atoms with Gasteiger partial charge in [0, 0.05) is 64.3 Å². The third kappa shape index (κ3) is 5.76. The molecule has 2 atom stereocenters. The molecule has 0 aromatic carbocycles. The van der Waals surface area contributed by atoms with Gasteiger partial charge >= 0.3 is 0 Å². The van der Waals surface area contributed by atoms with Gasteiger partial charge in [-0.25, -0.2) is 14.5 Å². The first-order valence-corrected chi connectivity index (χ1v) is 14.3. The van der Waals surface area contributed by atoms with Gasteiger partial charge in [0.05, 0.1) is 17.2 Å². The van der Waals surface area contributed by atoms with Crippen molar-refractivity contribution in [2.75, 3.05) is 39.2 Å². The zero-order valence-corrected chi connectivity index (χ0v) is 25.0. The molecule has 1 saturated heterocycles. The third-order valence-electron chi connectivity index (χ3n) is 7.95. The van der Waals surface area contributed by atoms with Crippen molar-refractivity contribution in [3.8, 4) is 17.3 Å². The fourth-order valence-electron chi connectivity index (χ4n) is 5.81. The fourth-order valence-corrected chi connectivity index (χ4v) is 5.81. The summed E-state index contributed by atoms with van der Waals surface area (Å²) in [6.07, 6.45) is 6.42. The number of nitrogens with one attached hydrogen (secondary N) is 1. The SMILES string of the molecule is COC(C)(N[C@H]1C[C@H](Oc2ccc3ncc(-c4cc5c(N6CC[C@@H](N(C)C)C6)nccc5o4)n3n2)C1)OC(C)(C)C. The average Bonchev–Trinajstić information content (AvgIpc) is 3.63. The second-order valence-corrected chi connectivity index (χ2v) is 12.5. The smallest absolute Gasteiger partial charge is 0.232 e. The minimum absolute atomic E-state index is 0.0476. The van der Waals surface area contributed by atoms with Gasteiger partial charge < -0.3 is 28.4 Å². The molecule has 0 spiro atoms. The highest BCUT2D eigenvalue weighted by atomic mass is 16.7. The first kappa shape index (κ1) is 27.9. The standard InChI is InChI=1S/C30H41N7O4/c1-29(2,3)41-30(4,38-7)33-19-14-21(15-19)39-27-9-8-26-32-17-23(37(26)34-27)25-16-22-24(40-25)10-12-31-28(22)36-13-11-20(18-36)35(5)6/h8-10,12,16-17,19-21,33H,11,13-15,18H2,1-7H3/t19-,20-,21-,30?/m1/s1. The quantitative estimate of drug-likeness (QED) is 0.296. The van der Waals surface area contributed by atoms with Gasteiger partial charge in [-0.15, -0.1) is 5.10 Å². The van der Waals surface area contributed by atoms with Crippen LogP contribution in [0.4, 0.5) is 5.82 Å². The number of anilines is 1. The van der Waals surface area contributed by atoms with Crippen LogP contribution in [0.25, 0.3) is 28.1 Å². The number of rotatable bonds is 9. The normalized spacial score (nSPS) is 22.9. The van der Waals surface area contributed by atoms with Gasteiger partial charge in [0.15, 0.2) is 11.4 Å². The van der Waals surface area contributed by atoms with Crippen molar-refractivity contribution in [1.82, 2.24) is 29.8 Å². The number of methoxy groups -OCH3 is 1. The van der Waals surface area contributed by atoms with Crippen LogP contribution in [0.1, 0.15) is 47.0 Å². The Kier molecular flexibility index (Phi) is 7.17. The van der Waals surface area contributed by atoms with E-state index in [1.54, 1.807) is 17.8 Å². The number of imidazole rings is 1. The van der Waals surface area contributed by atoms with Crippen LogP contribution in [-0.4, -0.2) is 88.5 Å². The molecule has 1 aliphatic carbocycles. The zero-order chi connectivity index (χ0) is 28.9. The van der Waals surface area contributed by atoms with Gasteiger partial charge in [0.2, 0.25) is 11.8 Å². The Morgan fingerprint density at radius 3 is 2.61 bits per heavy atom. The maximum absolute atomic E-state index is 6.30. The van der Waals surface area contributed by atoms with Crippen molar-refractivity contribution in [2.45, 2.75) is 76.7 Å². The number of fused-ring (bicyclic) bond motifs is 2. The summed E-state index contributed by atoms with van der Waals surface area (Å²) in [5.41, 5.74) is 1.96. The summed E-state index contributed by atoms with van der Waals surface area (Å²) in [7, 11) is 5.92. The molecular weight excluding hydrogens is 522 g/mol. The van der Waals surface area contributed by atoms with Crippen LogP contribution in [0.15, 0.2) is 41.1 Å². The van der Waals surface area contributed by atoms with Crippen LogP contribution in [0.5, 0.6) is 5.88 Å². The van der Waals surface area contributed by atoms with Crippen LogP contribution >= 0.6 is 0 Å². The largest absolute Gasteiger partial charge is 0.473 e. The molecule has 0 amide bonds. The topological polar surface area (TPSA) is 102 Å². The van der Waals surface area contributed by atoms with Crippen molar-refractivity contribution in [3.63, 3.8) is 0 Å². The first-order chi connectivity index (χ1) is 19.5. The Bertz CT molecular complexity index is 1520. The van der Waals surface area contributed by atoms with E-state index in [9.17, 15) is 0 Å². The van der Waals surface area contributed by atoms with Gasteiger partial charge in [0.1, 0.15) is 23.2 Å². The predicted molar refractivity (Wildman–Crippen MR) is 157 cm³/mol. The molecule has 2 fully saturated rings. The zero-order valence-electron chi connectivity index (χ0n) is 25.0. The van der Waals surface area contributed by atoms with Crippen molar-refractivity contribution in [1.29, 1.82) is 0 Å². The van der Waals surface area contributed by atoms with E-state index in [1.165, 1.54) is 0 Å². The van der Waals surface area contributed by atoms with Gasteiger partial charge in [-0.2, -0.15) is 0 Å². The molecule has 1 aliphatic heterocycles. The van der Waals surface area contributed by atoms with E-state index < -0.39 is 5.91 Å². The van der Waals surface area contributed by atoms with Crippen molar-refractivity contribution in [3.05, 3.63) is 36.7 Å². The molecule has 1 N–H and O–H groups in total. The Labute approximate surface area is 240 Å². The maximum atomic E-state index is 6.30. The molecule has 6 rings (SSSR count). The van der Waals surface area contributed by atoms with Crippen LogP contribution in [-0.2, 0) is 9.47 Å². The number of hydrogen-bond donors (Lipinski definition) is 1. The van der Waals surface area contributed by atoms with Crippen LogP contribution in [0.3, 0.4) is 0 Å². The van der Waals surface area contributed by atoms with E-state index in [0.717, 1.165) is 60.5 Å². The lowest BCUT2D eigenvalue weighted by Gasteiger charge is -2.43. The Balaban J connectivity index is 1.17. The molecule has 0 radical (unpaired) electrons. The molecule has 41 heavy (non-hydrogen) atoms. The highest BCUT2D eigenvalue weighted by Gasteiger charge is 2.39. The van der Waals surface area contributed by atoms with E-state index in [0.29, 0.717) is 17.7 Å². The lowest BCUT2D eigenvalue weighted by molar-refractivity contribution is -0.281. The lowest BCUT2D eigenvalue weighted by atomic mass is 9.89. The molecule has 11 nitrogen and oxygen atoms in total. The van der Waals surface area contributed by atoms with Gasteiger partial charge in [0.25, 0.3) is 0 Å². The Morgan fingerprint density at radius 2 is 1.90 bits per heavy atom. The molecule has 5 heterocycles. The van der Waals surface area contributed by atoms with Crippen molar-refractivity contribution >= 4 is 22.4 Å². The second-order valence-electron chi connectivity index (χ2n) is 12.5. The molecule has 220 valence electrons. The molecule has 11 heteroatoms. The van der Waals surface area contributed by atoms with Gasteiger partial charge in [-0.1, -0.05) is 0 Å². The van der Waals surface area contributed by atoms with Gasteiger partial charge in [-0.3, -0.25) is 5.32 Å². The third-order valence-corrected chi connectivity index (χ3v) is 7.95. The van der Waals surface area contributed by atoms with Crippen LogP contribution in [0, 0.1) is 0 Å². The summed E-state index contributed by atoms with van der Waals surface area (Å²) in [5.74, 6) is 1.34. The summed E-state index contributed by atoms with van der Waals surface area (Å²) in [5, 5.41) is 9.23. The van der Waals surface area contributed by atoms with Gasteiger partial charge in [-0.05, 0) is 59.5 Å². The minimum atomic E-state index is -0.860. The van der Waals surface area contributed by atoms with Crippen LogP contribution < -0.4 is 15.0 Å². The summed E-state index contributed by atoms with van der Waals surface area (Å²) < 4.78 is 26.0. The molecule has 1 unspecified atom stereocenters. The summed E-state index contributed by atoms with van der Waals surface area (Å²) in [6.45, 7) is 9.87. The van der Waals surface area contributed by atoms with E-state index in [1.807, 2.05) is 58.2 Å². The molecule has 4 aromatic rings.